The molecule has 1 rings (SSSR count). The number of likely N-dealkylation sites (N-methyl/N-ethyl adjacent to an activating group) is 1. The van der Waals surface area contributed by atoms with E-state index in [9.17, 15) is 9.59 Å². The van der Waals surface area contributed by atoms with E-state index in [-0.39, 0.29) is 11.9 Å². The van der Waals surface area contributed by atoms with Gasteiger partial charge in [0, 0.05) is 30.5 Å². The van der Waals surface area contributed by atoms with Crippen LogP contribution in [0.3, 0.4) is 0 Å². The van der Waals surface area contributed by atoms with Crippen molar-refractivity contribution in [3.8, 4) is 0 Å². The number of nitrogens with zero attached hydrogens (tertiary/aromatic N) is 2. The van der Waals surface area contributed by atoms with Crippen molar-refractivity contribution in [2.45, 2.75) is 33.7 Å². The van der Waals surface area contributed by atoms with Crippen LogP contribution in [0.15, 0.2) is 6.07 Å². The first-order chi connectivity index (χ1) is 7.93. The van der Waals surface area contributed by atoms with Crippen molar-refractivity contribution in [2.75, 3.05) is 13.6 Å². The summed E-state index contributed by atoms with van der Waals surface area (Å²) in [5, 5.41) is 0. The molecule has 1 aromatic heterocycles. The molecule has 1 heterocycles. The fraction of sp³-hybridized carbons (Fsp3) is 0.538. The first-order valence-electron chi connectivity index (χ1n) is 5.82. The molecule has 0 saturated carbocycles. The topological polar surface area (TPSA) is 42.3 Å². The second kappa shape index (κ2) is 5.17. The van der Waals surface area contributed by atoms with Crippen molar-refractivity contribution in [3.63, 3.8) is 0 Å². The lowest BCUT2D eigenvalue weighted by molar-refractivity contribution is -0.132. The van der Waals surface area contributed by atoms with Crippen molar-refractivity contribution in [2.24, 2.45) is 0 Å². The van der Waals surface area contributed by atoms with E-state index in [0.29, 0.717) is 12.1 Å². The average Bonchev–Trinajstić information content (AvgIpc) is 2.61. The minimum Gasteiger partial charge on any atom is -0.344 e. The Kier molecular flexibility index (Phi) is 4.10. The van der Waals surface area contributed by atoms with E-state index in [0.717, 1.165) is 17.7 Å². The Balaban J connectivity index is 3.12. The SMILES string of the molecule is CCN(C)C(=O)C(C)n1c(C)cc(C=O)c1C. The van der Waals surface area contributed by atoms with Crippen LogP contribution in [-0.4, -0.2) is 35.3 Å². The van der Waals surface area contributed by atoms with Gasteiger partial charge in [-0.25, -0.2) is 0 Å². The maximum absolute atomic E-state index is 12.1. The Morgan fingerprint density at radius 1 is 1.53 bits per heavy atom. The summed E-state index contributed by atoms with van der Waals surface area (Å²) in [5.74, 6) is 0.0618. The molecule has 4 nitrogen and oxygen atoms in total. The van der Waals surface area contributed by atoms with Crippen LogP contribution in [0.25, 0.3) is 0 Å². The zero-order valence-corrected chi connectivity index (χ0v) is 11.2. The average molecular weight is 236 g/mol. The molecule has 0 spiro atoms. The van der Waals surface area contributed by atoms with Crippen molar-refractivity contribution in [3.05, 3.63) is 23.0 Å². The Bertz CT molecular complexity index is 435. The first-order valence-corrected chi connectivity index (χ1v) is 5.82. The van der Waals surface area contributed by atoms with Crippen LogP contribution in [0, 0.1) is 13.8 Å². The van der Waals surface area contributed by atoms with Gasteiger partial charge in [-0.2, -0.15) is 0 Å². The van der Waals surface area contributed by atoms with E-state index in [1.54, 1.807) is 11.9 Å². The van der Waals surface area contributed by atoms with Crippen molar-refractivity contribution < 1.29 is 9.59 Å². The van der Waals surface area contributed by atoms with Gasteiger partial charge in [0.25, 0.3) is 0 Å². The second-order valence-corrected chi connectivity index (χ2v) is 4.34. The summed E-state index contributed by atoms with van der Waals surface area (Å²) in [6.07, 6.45) is 0.833. The number of hydrogen-bond donors (Lipinski definition) is 0. The number of hydrogen-bond acceptors (Lipinski definition) is 2. The monoisotopic (exact) mass is 236 g/mol. The number of carbonyl (C=O) groups is 2. The van der Waals surface area contributed by atoms with Crippen LogP contribution >= 0.6 is 0 Å². The number of aryl methyl sites for hydroxylation is 1. The number of carbonyl (C=O) groups excluding carboxylic acids is 2. The van der Waals surface area contributed by atoms with Gasteiger partial charge in [-0.05, 0) is 33.8 Å². The molecular weight excluding hydrogens is 216 g/mol. The smallest absolute Gasteiger partial charge is 0.245 e. The molecular formula is C13H20N2O2. The molecule has 0 aromatic carbocycles. The summed E-state index contributed by atoms with van der Waals surface area (Å²) in [6, 6.07) is 1.55. The molecule has 0 saturated heterocycles. The maximum atomic E-state index is 12.1. The van der Waals surface area contributed by atoms with E-state index < -0.39 is 0 Å². The highest BCUT2D eigenvalue weighted by atomic mass is 16.2. The van der Waals surface area contributed by atoms with Gasteiger partial charge < -0.3 is 9.47 Å². The van der Waals surface area contributed by atoms with E-state index in [1.807, 2.05) is 38.3 Å². The summed E-state index contributed by atoms with van der Waals surface area (Å²) < 4.78 is 1.91. The van der Waals surface area contributed by atoms with Crippen molar-refractivity contribution in [1.29, 1.82) is 0 Å². The first kappa shape index (κ1) is 13.5. The predicted molar refractivity (Wildman–Crippen MR) is 67.3 cm³/mol. The van der Waals surface area contributed by atoms with Gasteiger partial charge in [0.2, 0.25) is 5.91 Å². The highest BCUT2D eigenvalue weighted by Gasteiger charge is 2.21. The largest absolute Gasteiger partial charge is 0.344 e. The fourth-order valence-electron chi connectivity index (χ4n) is 2.10. The van der Waals surface area contributed by atoms with E-state index in [4.69, 9.17) is 0 Å². The van der Waals surface area contributed by atoms with Crippen LogP contribution in [0.4, 0.5) is 0 Å². The molecule has 1 amide bonds. The quantitative estimate of drug-likeness (QED) is 0.750. The van der Waals surface area contributed by atoms with Gasteiger partial charge in [-0.1, -0.05) is 0 Å². The molecule has 1 atom stereocenters. The molecule has 0 bridgehead atoms. The zero-order chi connectivity index (χ0) is 13.2. The molecule has 0 aliphatic carbocycles. The number of aldehydes is 1. The number of aromatic nitrogens is 1. The Hall–Kier alpha value is -1.58. The Labute approximate surface area is 102 Å². The van der Waals surface area contributed by atoms with E-state index in [2.05, 4.69) is 0 Å². The Morgan fingerprint density at radius 2 is 2.12 bits per heavy atom. The number of rotatable bonds is 4. The summed E-state index contributed by atoms with van der Waals surface area (Å²) in [6.45, 7) is 8.27. The lowest BCUT2D eigenvalue weighted by atomic mass is 10.2. The molecule has 94 valence electrons. The third kappa shape index (κ3) is 2.40. The van der Waals surface area contributed by atoms with Crippen LogP contribution in [0.1, 0.15) is 41.6 Å². The highest BCUT2D eigenvalue weighted by molar-refractivity contribution is 5.82. The minimum atomic E-state index is -0.270. The van der Waals surface area contributed by atoms with Gasteiger partial charge >= 0.3 is 0 Å². The van der Waals surface area contributed by atoms with E-state index >= 15 is 0 Å². The Morgan fingerprint density at radius 3 is 2.53 bits per heavy atom. The summed E-state index contributed by atoms with van der Waals surface area (Å²) in [4.78, 5) is 24.6. The van der Waals surface area contributed by atoms with Crippen LogP contribution < -0.4 is 0 Å². The molecule has 0 N–H and O–H groups in total. The third-order valence-electron chi connectivity index (χ3n) is 3.25. The van der Waals surface area contributed by atoms with Gasteiger partial charge in [0.1, 0.15) is 6.04 Å². The second-order valence-electron chi connectivity index (χ2n) is 4.34. The van der Waals surface area contributed by atoms with Crippen LogP contribution in [0.5, 0.6) is 0 Å². The lowest BCUT2D eigenvalue weighted by Crippen LogP contribution is -2.33. The summed E-state index contributed by atoms with van der Waals surface area (Å²) in [7, 11) is 1.79. The zero-order valence-electron chi connectivity index (χ0n) is 11.2. The fourth-order valence-corrected chi connectivity index (χ4v) is 2.10. The molecule has 1 unspecified atom stereocenters. The van der Waals surface area contributed by atoms with Gasteiger partial charge in [0.15, 0.2) is 6.29 Å². The van der Waals surface area contributed by atoms with Gasteiger partial charge in [-0.15, -0.1) is 0 Å². The molecule has 0 aliphatic heterocycles. The van der Waals surface area contributed by atoms with Crippen molar-refractivity contribution in [1.82, 2.24) is 9.47 Å². The molecule has 4 heteroatoms. The van der Waals surface area contributed by atoms with Gasteiger partial charge in [-0.3, -0.25) is 9.59 Å². The maximum Gasteiger partial charge on any atom is 0.245 e. The predicted octanol–water partition coefficient (Wildman–Crippen LogP) is 1.96. The minimum absolute atomic E-state index is 0.0618. The molecule has 17 heavy (non-hydrogen) atoms. The van der Waals surface area contributed by atoms with E-state index in [1.165, 1.54) is 0 Å². The van der Waals surface area contributed by atoms with Gasteiger partial charge in [0.05, 0.1) is 0 Å². The summed E-state index contributed by atoms with van der Waals surface area (Å²) in [5.41, 5.74) is 2.44. The third-order valence-corrected chi connectivity index (χ3v) is 3.25. The molecule has 0 aliphatic rings. The lowest BCUT2D eigenvalue weighted by Gasteiger charge is -2.23. The molecule has 0 radical (unpaired) electrons. The highest BCUT2D eigenvalue weighted by Crippen LogP contribution is 2.20. The molecule has 1 aromatic rings. The normalized spacial score (nSPS) is 12.3. The molecule has 0 fully saturated rings. The standard InChI is InChI=1S/C13H20N2O2/c1-6-14(5)13(17)11(4)15-9(2)7-12(8-16)10(15)3/h7-8,11H,6H2,1-5H3. The van der Waals surface area contributed by atoms with Crippen LogP contribution in [-0.2, 0) is 4.79 Å². The summed E-state index contributed by atoms with van der Waals surface area (Å²) >= 11 is 0. The number of amides is 1. The van der Waals surface area contributed by atoms with Crippen molar-refractivity contribution >= 4 is 12.2 Å². The van der Waals surface area contributed by atoms with Crippen LogP contribution in [0.2, 0.25) is 0 Å².